The van der Waals surface area contributed by atoms with Gasteiger partial charge in [-0.05, 0) is 43.0 Å². The van der Waals surface area contributed by atoms with Crippen LogP contribution in [0.15, 0.2) is 29.6 Å². The van der Waals surface area contributed by atoms with E-state index in [-0.39, 0.29) is 0 Å². The molecule has 1 unspecified atom stereocenters. The van der Waals surface area contributed by atoms with Crippen LogP contribution in [0.1, 0.15) is 56.2 Å². The Morgan fingerprint density at radius 1 is 1.02 bits per heavy atom. The molecule has 1 atom stereocenters. The van der Waals surface area contributed by atoms with Crippen LogP contribution in [0.25, 0.3) is 11.3 Å². The summed E-state index contributed by atoms with van der Waals surface area (Å²) >= 11 is 1.45. The highest BCUT2D eigenvalue weighted by molar-refractivity contribution is 7.11. The molecule has 3 aromatic rings. The first kappa shape index (κ1) is 29.3. The van der Waals surface area contributed by atoms with Crippen molar-refractivity contribution in [3.05, 3.63) is 46.3 Å². The third-order valence-electron chi connectivity index (χ3n) is 6.59. The number of thiazole rings is 1. The molecule has 0 saturated carbocycles. The second-order valence-electron chi connectivity index (χ2n) is 9.38. The maximum absolute atomic E-state index is 11.0. The molecule has 0 radical (unpaired) electrons. The maximum Gasteiger partial charge on any atom is 0.508 e. The molecule has 0 amide bonds. The van der Waals surface area contributed by atoms with Crippen LogP contribution < -0.4 is 23.7 Å². The van der Waals surface area contributed by atoms with Gasteiger partial charge in [-0.1, -0.05) is 44.1 Å². The van der Waals surface area contributed by atoms with E-state index in [1.54, 1.807) is 14.2 Å². The molecule has 1 aromatic heterocycles. The largest absolute Gasteiger partial charge is 0.508 e. The summed E-state index contributed by atoms with van der Waals surface area (Å²) in [4.78, 5) is 15.5. The molecule has 4 rings (SSSR count). The highest BCUT2D eigenvalue weighted by Gasteiger charge is 2.27. The summed E-state index contributed by atoms with van der Waals surface area (Å²) in [5, 5.41) is 11.6. The second-order valence-corrected chi connectivity index (χ2v) is 10.2. The van der Waals surface area contributed by atoms with Gasteiger partial charge in [0.1, 0.15) is 23.0 Å². The van der Waals surface area contributed by atoms with Gasteiger partial charge in [0.05, 0.1) is 33.1 Å². The molecule has 0 spiro atoms. The minimum absolute atomic E-state index is 0.460. The molecule has 0 saturated heterocycles. The van der Waals surface area contributed by atoms with Crippen molar-refractivity contribution in [3.8, 4) is 39.4 Å². The van der Waals surface area contributed by atoms with Crippen LogP contribution in [-0.2, 0) is 24.0 Å². The lowest BCUT2D eigenvalue weighted by Gasteiger charge is -2.27. The van der Waals surface area contributed by atoms with Crippen molar-refractivity contribution in [1.29, 1.82) is 0 Å². The zero-order valence-corrected chi connectivity index (χ0v) is 24.3. The summed E-state index contributed by atoms with van der Waals surface area (Å²) in [5.41, 5.74) is 4.74. The fourth-order valence-electron chi connectivity index (χ4n) is 4.85. The van der Waals surface area contributed by atoms with Gasteiger partial charge in [-0.3, -0.25) is 0 Å². The van der Waals surface area contributed by atoms with Gasteiger partial charge in [-0.15, -0.1) is 0 Å². The van der Waals surface area contributed by atoms with Gasteiger partial charge in [-0.2, -0.15) is 0 Å². The van der Waals surface area contributed by atoms with Crippen LogP contribution in [0.4, 0.5) is 4.79 Å². The summed E-state index contributed by atoms with van der Waals surface area (Å²) in [7, 11) is 3.28. The number of rotatable bonds is 14. The average Bonchev–Trinajstić information content (AvgIpc) is 3.43. The third-order valence-corrected chi connectivity index (χ3v) is 7.39. The van der Waals surface area contributed by atoms with Crippen molar-refractivity contribution in [3.63, 3.8) is 0 Å². The van der Waals surface area contributed by atoms with Crippen molar-refractivity contribution >= 4 is 17.5 Å². The van der Waals surface area contributed by atoms with E-state index in [1.165, 1.54) is 11.3 Å². The zero-order chi connectivity index (χ0) is 28.5. The molecule has 0 bridgehead atoms. The van der Waals surface area contributed by atoms with Crippen molar-refractivity contribution in [1.82, 2.24) is 4.98 Å². The Balaban J connectivity index is 1.41. The van der Waals surface area contributed by atoms with Crippen molar-refractivity contribution in [2.45, 2.75) is 65.1 Å². The second kappa shape index (κ2) is 14.1. The molecule has 9 nitrogen and oxygen atoms in total. The molecule has 0 aliphatic carbocycles. The molecular weight excluding hydrogens is 534 g/mol. The lowest BCUT2D eigenvalue weighted by Crippen LogP contribution is -2.28. The lowest BCUT2D eigenvalue weighted by atomic mass is 9.98. The van der Waals surface area contributed by atoms with E-state index in [4.69, 9.17) is 33.5 Å². The van der Waals surface area contributed by atoms with Crippen LogP contribution in [0, 0.1) is 0 Å². The lowest BCUT2D eigenvalue weighted by molar-refractivity contribution is -0.0640. The van der Waals surface area contributed by atoms with E-state index in [0.29, 0.717) is 43.4 Å². The van der Waals surface area contributed by atoms with E-state index in [0.717, 1.165) is 70.9 Å². The van der Waals surface area contributed by atoms with Crippen LogP contribution in [0.5, 0.6) is 28.2 Å². The topological polar surface area (TPSA) is 106 Å². The number of hydrogen-bond acceptors (Lipinski definition) is 9. The van der Waals surface area contributed by atoms with Gasteiger partial charge in [0.2, 0.25) is 6.29 Å². The Labute approximate surface area is 239 Å². The Morgan fingerprint density at radius 3 is 2.38 bits per heavy atom. The first-order valence-corrected chi connectivity index (χ1v) is 14.5. The number of carboxylic acid groups (broad SMARTS) is 1. The van der Waals surface area contributed by atoms with E-state index in [9.17, 15) is 4.79 Å². The van der Waals surface area contributed by atoms with Crippen LogP contribution in [-0.4, -0.2) is 50.0 Å². The van der Waals surface area contributed by atoms with E-state index < -0.39 is 12.4 Å². The van der Waals surface area contributed by atoms with E-state index in [2.05, 4.69) is 18.8 Å². The first-order valence-electron chi connectivity index (χ1n) is 13.6. The van der Waals surface area contributed by atoms with Gasteiger partial charge in [-0.25, -0.2) is 9.78 Å². The molecule has 1 aliphatic heterocycles. The number of benzene rings is 2. The Hall–Kier alpha value is -3.66. The number of aryl methyl sites for hydroxylation is 1. The zero-order valence-electron chi connectivity index (χ0n) is 23.5. The normalized spacial score (nSPS) is 14.2. The summed E-state index contributed by atoms with van der Waals surface area (Å²) in [5.74, 6) is 2.99. The average molecular weight is 572 g/mol. The fraction of sp³-hybridized carbons (Fsp3) is 0.467. The van der Waals surface area contributed by atoms with Gasteiger partial charge in [0.25, 0.3) is 5.19 Å². The number of fused-ring (bicyclic) bond motifs is 1. The van der Waals surface area contributed by atoms with Gasteiger partial charge >= 0.3 is 6.16 Å². The molecular formula is C30H37NO8S. The molecule has 40 heavy (non-hydrogen) atoms. The highest BCUT2D eigenvalue weighted by Crippen LogP contribution is 2.41. The minimum Gasteiger partial charge on any atom is -0.496 e. The fourth-order valence-corrected chi connectivity index (χ4v) is 5.49. The molecule has 10 heteroatoms. The Bertz CT molecular complexity index is 1290. The van der Waals surface area contributed by atoms with Gasteiger partial charge in [0, 0.05) is 34.9 Å². The summed E-state index contributed by atoms with van der Waals surface area (Å²) < 4.78 is 34.3. The van der Waals surface area contributed by atoms with Crippen LogP contribution in [0.2, 0.25) is 0 Å². The maximum atomic E-state index is 11.0. The standard InChI is InChI=1S/C30H37NO8S/c1-5-8-21-24(13-10-19-11-15-26(38-27(19)21)39-30(32)33)36-16-7-17-37-25-14-12-20(23-18-40-29(31-23)35-4)28(34-3)22(25)9-6-2/h10,12-14,18,26H,5-9,11,15-17H2,1-4H3,(H,32,33). The molecule has 216 valence electrons. The third kappa shape index (κ3) is 6.91. The number of nitrogens with zero attached hydrogens (tertiary/aromatic N) is 1. The Kier molecular flexibility index (Phi) is 10.3. The van der Waals surface area contributed by atoms with Gasteiger partial charge < -0.3 is 33.5 Å². The monoisotopic (exact) mass is 571 g/mol. The SMILES string of the molecule is CCCc1c(OCCCOc2ccc(-c3csc(OC)n3)c(OC)c2CCC)ccc2c1OC(OC(=O)O)CC2. The molecule has 0 fully saturated rings. The quantitative estimate of drug-likeness (QED) is 0.163. The first-order chi connectivity index (χ1) is 19.5. The van der Waals surface area contributed by atoms with Crippen LogP contribution >= 0.6 is 11.3 Å². The summed E-state index contributed by atoms with van der Waals surface area (Å²) in [6, 6.07) is 7.91. The molecule has 2 aromatic carbocycles. The van der Waals surface area contributed by atoms with E-state index >= 15 is 0 Å². The predicted octanol–water partition coefficient (Wildman–Crippen LogP) is 6.93. The number of carbonyl (C=O) groups is 1. The van der Waals surface area contributed by atoms with Crippen LogP contribution in [0.3, 0.4) is 0 Å². The summed E-state index contributed by atoms with van der Waals surface area (Å²) in [6.07, 6.45) is 3.13. The Morgan fingerprint density at radius 2 is 1.73 bits per heavy atom. The number of aromatic nitrogens is 1. The predicted molar refractivity (Wildman–Crippen MR) is 153 cm³/mol. The number of methoxy groups -OCH3 is 2. The van der Waals surface area contributed by atoms with E-state index in [1.807, 2.05) is 29.6 Å². The van der Waals surface area contributed by atoms with Crippen molar-refractivity contribution < 1.29 is 38.3 Å². The minimum atomic E-state index is -1.34. The van der Waals surface area contributed by atoms with Gasteiger partial charge in [0.15, 0.2) is 0 Å². The molecule has 1 aliphatic rings. The van der Waals surface area contributed by atoms with Crippen molar-refractivity contribution in [2.24, 2.45) is 0 Å². The number of ether oxygens (including phenoxy) is 6. The number of hydrogen-bond donors (Lipinski definition) is 1. The molecule has 1 N–H and O–H groups in total. The smallest absolute Gasteiger partial charge is 0.496 e. The highest BCUT2D eigenvalue weighted by atomic mass is 32.1. The van der Waals surface area contributed by atoms with Crippen molar-refractivity contribution in [2.75, 3.05) is 27.4 Å². The summed E-state index contributed by atoms with van der Waals surface area (Å²) in [6.45, 7) is 5.15. The molecule has 2 heterocycles.